The van der Waals surface area contributed by atoms with Crippen molar-refractivity contribution in [2.75, 3.05) is 0 Å². The summed E-state index contributed by atoms with van der Waals surface area (Å²) in [5.74, 6) is 0. The van der Waals surface area contributed by atoms with Gasteiger partial charge in [-0.2, -0.15) is 0 Å². The van der Waals surface area contributed by atoms with Crippen LogP contribution >= 0.6 is 0 Å². The molecule has 1 aliphatic rings. The molecular weight excluding hydrogens is 120 g/mol. The van der Waals surface area contributed by atoms with E-state index in [9.17, 15) is 0 Å². The molecule has 0 amide bonds. The first-order valence-electron chi connectivity index (χ1n) is 3.86. The van der Waals surface area contributed by atoms with Crippen LogP contribution in [-0.4, -0.2) is 0 Å². The van der Waals surface area contributed by atoms with Gasteiger partial charge in [-0.05, 0) is 25.3 Å². The van der Waals surface area contributed by atoms with E-state index < -0.39 is 0 Å². The molecule has 0 heterocycles. The lowest BCUT2D eigenvalue weighted by Gasteiger charge is -1.89. The van der Waals surface area contributed by atoms with Gasteiger partial charge in [-0.3, -0.25) is 0 Å². The van der Waals surface area contributed by atoms with Gasteiger partial charge in [0.25, 0.3) is 0 Å². The van der Waals surface area contributed by atoms with Crippen LogP contribution in [0.5, 0.6) is 0 Å². The smallest absolute Gasteiger partial charge is 0.0135 e. The number of rotatable bonds is 1. The van der Waals surface area contributed by atoms with Crippen LogP contribution in [0.4, 0.5) is 0 Å². The number of hydrogen-bond acceptors (Lipinski definition) is 0. The molecule has 0 spiro atoms. The normalized spacial score (nSPS) is 17.8. The van der Waals surface area contributed by atoms with Crippen LogP contribution in [0.1, 0.15) is 26.7 Å². The van der Waals surface area contributed by atoms with Gasteiger partial charge in [-0.15, -0.1) is 0 Å². The summed E-state index contributed by atoms with van der Waals surface area (Å²) in [6.07, 6.45) is 11.1. The van der Waals surface area contributed by atoms with Gasteiger partial charge in [0.2, 0.25) is 0 Å². The first kappa shape index (κ1) is 7.33. The van der Waals surface area contributed by atoms with Gasteiger partial charge in [0.1, 0.15) is 0 Å². The Morgan fingerprint density at radius 1 is 1.40 bits per heavy atom. The van der Waals surface area contributed by atoms with Crippen LogP contribution < -0.4 is 0 Å². The molecule has 0 aromatic heterocycles. The fraction of sp³-hybridized carbons (Fsp3) is 0.400. The van der Waals surface area contributed by atoms with Crippen molar-refractivity contribution < 1.29 is 0 Å². The van der Waals surface area contributed by atoms with Gasteiger partial charge in [0.05, 0.1) is 0 Å². The SMILES string of the molecule is CCC1=CC=C(C)CC=C1. The van der Waals surface area contributed by atoms with Crippen LogP contribution in [0.25, 0.3) is 0 Å². The Hall–Kier alpha value is -0.780. The van der Waals surface area contributed by atoms with Gasteiger partial charge in [-0.25, -0.2) is 0 Å². The van der Waals surface area contributed by atoms with Gasteiger partial charge >= 0.3 is 0 Å². The molecular formula is C10H14. The highest BCUT2D eigenvalue weighted by atomic mass is 14.0. The molecule has 0 bridgehead atoms. The molecule has 0 aliphatic heterocycles. The van der Waals surface area contributed by atoms with Gasteiger partial charge in [0, 0.05) is 0 Å². The molecule has 10 heavy (non-hydrogen) atoms. The van der Waals surface area contributed by atoms with E-state index in [1.807, 2.05) is 0 Å². The Kier molecular flexibility index (Phi) is 2.49. The highest BCUT2D eigenvalue weighted by molar-refractivity contribution is 5.29. The summed E-state index contributed by atoms with van der Waals surface area (Å²) >= 11 is 0. The first-order chi connectivity index (χ1) is 4.83. The molecule has 0 aromatic rings. The zero-order valence-corrected chi connectivity index (χ0v) is 6.72. The van der Waals surface area contributed by atoms with E-state index in [-0.39, 0.29) is 0 Å². The molecule has 1 aliphatic carbocycles. The van der Waals surface area contributed by atoms with E-state index in [1.54, 1.807) is 0 Å². The van der Waals surface area contributed by atoms with Gasteiger partial charge in [0.15, 0.2) is 0 Å². The molecule has 0 heteroatoms. The summed E-state index contributed by atoms with van der Waals surface area (Å²) in [6.45, 7) is 4.35. The Balaban J connectivity index is 2.75. The van der Waals surface area contributed by atoms with E-state index in [1.165, 1.54) is 11.1 Å². The maximum absolute atomic E-state index is 2.23. The molecule has 0 atom stereocenters. The summed E-state index contributed by atoms with van der Waals surface area (Å²) < 4.78 is 0. The van der Waals surface area contributed by atoms with Crippen LogP contribution in [0, 0.1) is 0 Å². The number of hydrogen-bond donors (Lipinski definition) is 0. The van der Waals surface area contributed by atoms with Crippen molar-refractivity contribution in [3.63, 3.8) is 0 Å². The molecule has 0 N–H and O–H groups in total. The summed E-state index contributed by atoms with van der Waals surface area (Å²) in [5, 5.41) is 0. The number of allylic oxidation sites excluding steroid dienone is 6. The summed E-state index contributed by atoms with van der Waals surface area (Å²) in [5.41, 5.74) is 2.87. The monoisotopic (exact) mass is 134 g/mol. The van der Waals surface area contributed by atoms with Crippen LogP contribution in [-0.2, 0) is 0 Å². The second kappa shape index (κ2) is 3.40. The van der Waals surface area contributed by atoms with Crippen LogP contribution in [0.3, 0.4) is 0 Å². The van der Waals surface area contributed by atoms with Crippen molar-refractivity contribution in [2.24, 2.45) is 0 Å². The average molecular weight is 134 g/mol. The van der Waals surface area contributed by atoms with Crippen molar-refractivity contribution in [1.82, 2.24) is 0 Å². The Morgan fingerprint density at radius 3 is 2.90 bits per heavy atom. The Bertz CT molecular complexity index is 192. The van der Waals surface area contributed by atoms with Crippen molar-refractivity contribution in [2.45, 2.75) is 26.7 Å². The lowest BCUT2D eigenvalue weighted by Crippen LogP contribution is -1.69. The lowest BCUT2D eigenvalue weighted by atomic mass is 10.2. The van der Waals surface area contributed by atoms with E-state index in [4.69, 9.17) is 0 Å². The topological polar surface area (TPSA) is 0 Å². The van der Waals surface area contributed by atoms with Crippen LogP contribution in [0.15, 0.2) is 35.5 Å². The maximum atomic E-state index is 2.23. The third-order valence-electron chi connectivity index (χ3n) is 1.76. The molecule has 0 aromatic carbocycles. The van der Waals surface area contributed by atoms with Gasteiger partial charge in [-0.1, -0.05) is 36.8 Å². The fourth-order valence-electron chi connectivity index (χ4n) is 1.00. The third kappa shape index (κ3) is 1.87. The molecule has 0 radical (unpaired) electrons. The second-order valence-electron chi connectivity index (χ2n) is 2.71. The average Bonchev–Trinajstić information content (AvgIpc) is 2.14. The minimum absolute atomic E-state index is 1.11. The standard InChI is InChI=1S/C10H14/c1-3-10-6-4-5-9(2)7-8-10/h4,6-8H,3,5H2,1-2H3. The zero-order chi connectivity index (χ0) is 7.40. The summed E-state index contributed by atoms with van der Waals surface area (Å²) in [4.78, 5) is 0. The highest BCUT2D eigenvalue weighted by Crippen LogP contribution is 2.12. The van der Waals surface area contributed by atoms with Gasteiger partial charge < -0.3 is 0 Å². The lowest BCUT2D eigenvalue weighted by molar-refractivity contribution is 1.15. The van der Waals surface area contributed by atoms with E-state index >= 15 is 0 Å². The molecule has 0 unspecified atom stereocenters. The van der Waals surface area contributed by atoms with Crippen molar-refractivity contribution in [3.05, 3.63) is 35.5 Å². The van der Waals surface area contributed by atoms with Crippen molar-refractivity contribution in [1.29, 1.82) is 0 Å². The summed E-state index contributed by atoms with van der Waals surface area (Å²) in [7, 11) is 0. The Morgan fingerprint density at radius 2 is 2.20 bits per heavy atom. The minimum atomic E-state index is 1.11. The van der Waals surface area contributed by atoms with Crippen molar-refractivity contribution >= 4 is 0 Å². The van der Waals surface area contributed by atoms with Crippen LogP contribution in [0.2, 0.25) is 0 Å². The van der Waals surface area contributed by atoms with E-state index in [0.29, 0.717) is 0 Å². The first-order valence-corrected chi connectivity index (χ1v) is 3.86. The maximum Gasteiger partial charge on any atom is -0.0135 e. The molecule has 0 saturated heterocycles. The minimum Gasteiger partial charge on any atom is -0.0802 e. The molecule has 1 rings (SSSR count). The summed E-state index contributed by atoms with van der Waals surface area (Å²) in [6, 6.07) is 0. The van der Waals surface area contributed by atoms with E-state index in [0.717, 1.165) is 12.8 Å². The highest BCUT2D eigenvalue weighted by Gasteiger charge is 1.91. The molecule has 0 nitrogen and oxygen atoms in total. The predicted molar refractivity (Wildman–Crippen MR) is 45.9 cm³/mol. The van der Waals surface area contributed by atoms with E-state index in [2.05, 4.69) is 38.2 Å². The van der Waals surface area contributed by atoms with Crippen molar-refractivity contribution in [3.8, 4) is 0 Å². The second-order valence-corrected chi connectivity index (χ2v) is 2.71. The predicted octanol–water partition coefficient (Wildman–Crippen LogP) is 3.23. The molecule has 0 saturated carbocycles. The zero-order valence-electron chi connectivity index (χ0n) is 6.72. The molecule has 54 valence electrons. The third-order valence-corrected chi connectivity index (χ3v) is 1.76. The fourth-order valence-corrected chi connectivity index (χ4v) is 1.00. The largest absolute Gasteiger partial charge is 0.0802 e. The molecule has 0 fully saturated rings. The Labute approximate surface area is 62.9 Å². The quantitative estimate of drug-likeness (QED) is 0.516.